The van der Waals surface area contributed by atoms with Crippen molar-refractivity contribution in [3.05, 3.63) is 65.3 Å². The van der Waals surface area contributed by atoms with Gasteiger partial charge in [-0.3, -0.25) is 4.79 Å². The van der Waals surface area contributed by atoms with Gasteiger partial charge in [0.15, 0.2) is 0 Å². The molecule has 2 rings (SSSR count). The van der Waals surface area contributed by atoms with Gasteiger partial charge in [0.1, 0.15) is 0 Å². The number of nitrogens with zero attached hydrogens (tertiary/aromatic N) is 1. The summed E-state index contributed by atoms with van der Waals surface area (Å²) in [4.78, 5) is 15.0. The zero-order valence-corrected chi connectivity index (χ0v) is 17.6. The molecule has 2 nitrogen and oxygen atoms in total. The van der Waals surface area contributed by atoms with Crippen LogP contribution in [-0.4, -0.2) is 13.0 Å². The van der Waals surface area contributed by atoms with E-state index in [9.17, 15) is 4.79 Å². The number of anilines is 1. The number of benzene rings is 1. The van der Waals surface area contributed by atoms with Crippen molar-refractivity contribution in [2.45, 2.75) is 59.8 Å². The fourth-order valence-electron chi connectivity index (χ4n) is 3.79. The lowest BCUT2D eigenvalue weighted by Crippen LogP contribution is -2.27. The van der Waals surface area contributed by atoms with E-state index in [2.05, 4.69) is 72.4 Å². The number of rotatable bonds is 2. The molecule has 0 radical (unpaired) electrons. The Labute approximate surface area is 159 Å². The highest BCUT2D eigenvalue weighted by molar-refractivity contribution is 6.09. The van der Waals surface area contributed by atoms with Crippen LogP contribution in [-0.2, 0) is 10.2 Å². The third-order valence-corrected chi connectivity index (χ3v) is 5.14. The molecule has 0 fully saturated rings. The number of hydrogen-bond acceptors (Lipinski definition) is 1. The van der Waals surface area contributed by atoms with Gasteiger partial charge >= 0.3 is 0 Å². The lowest BCUT2D eigenvalue weighted by Gasteiger charge is -2.34. The van der Waals surface area contributed by atoms with E-state index in [1.807, 2.05) is 20.0 Å². The summed E-state index contributed by atoms with van der Waals surface area (Å²) in [6.07, 6.45) is 5.80. The summed E-state index contributed by atoms with van der Waals surface area (Å²) in [6.45, 7) is 19.2. The third kappa shape index (κ3) is 3.56. The maximum Gasteiger partial charge on any atom is 0.258 e. The van der Waals surface area contributed by atoms with Crippen molar-refractivity contribution in [3.63, 3.8) is 0 Å². The summed E-state index contributed by atoms with van der Waals surface area (Å²) in [5.74, 6) is 0.122. The maximum atomic E-state index is 13.2. The highest BCUT2D eigenvalue weighted by atomic mass is 16.2. The second kappa shape index (κ2) is 6.90. The van der Waals surface area contributed by atoms with Gasteiger partial charge < -0.3 is 4.90 Å². The zero-order valence-electron chi connectivity index (χ0n) is 17.6. The van der Waals surface area contributed by atoms with Gasteiger partial charge in [0, 0.05) is 24.2 Å². The highest BCUT2D eigenvalue weighted by Crippen LogP contribution is 2.48. The van der Waals surface area contributed by atoms with Crippen LogP contribution in [0.2, 0.25) is 0 Å². The fourth-order valence-corrected chi connectivity index (χ4v) is 3.79. The number of carbonyl (C=O) groups excluding carboxylic acids is 1. The standard InChI is InChI=1S/C24H33NO/c1-10-12-18-17(11-2)22(26)25(9)20-15-16(23(3,4)5)13-14-19(20)21(18)24(6,7)8/h10-15,21H,2H2,1,3-9H3/b12-10-. The Bertz CT molecular complexity index is 781. The van der Waals surface area contributed by atoms with E-state index >= 15 is 0 Å². The van der Waals surface area contributed by atoms with Crippen LogP contribution in [0.5, 0.6) is 0 Å². The van der Waals surface area contributed by atoms with Gasteiger partial charge in [0.25, 0.3) is 5.91 Å². The van der Waals surface area contributed by atoms with Crippen molar-refractivity contribution in [2.24, 2.45) is 5.41 Å². The molecule has 0 spiro atoms. The van der Waals surface area contributed by atoms with Crippen molar-refractivity contribution in [3.8, 4) is 0 Å². The van der Waals surface area contributed by atoms with E-state index in [1.54, 1.807) is 11.0 Å². The van der Waals surface area contributed by atoms with Crippen molar-refractivity contribution < 1.29 is 4.79 Å². The highest BCUT2D eigenvalue weighted by Gasteiger charge is 2.37. The van der Waals surface area contributed by atoms with E-state index in [0.717, 1.165) is 11.3 Å². The maximum absolute atomic E-state index is 13.2. The number of likely N-dealkylation sites (N-methyl/N-ethyl adjacent to an activating group) is 1. The fraction of sp³-hybridized carbons (Fsp3) is 0.458. The summed E-state index contributed by atoms with van der Waals surface area (Å²) in [7, 11) is 1.87. The van der Waals surface area contributed by atoms with Crippen LogP contribution in [0.15, 0.2) is 54.2 Å². The first kappa shape index (κ1) is 20.2. The monoisotopic (exact) mass is 351 g/mol. The molecular formula is C24H33NO. The predicted molar refractivity (Wildman–Crippen MR) is 113 cm³/mol. The van der Waals surface area contributed by atoms with Crippen LogP contribution in [0, 0.1) is 5.41 Å². The molecular weight excluding hydrogens is 318 g/mol. The van der Waals surface area contributed by atoms with E-state index in [-0.39, 0.29) is 22.7 Å². The van der Waals surface area contributed by atoms with Gasteiger partial charge in [-0.1, -0.05) is 78.5 Å². The summed E-state index contributed by atoms with van der Waals surface area (Å²) in [5, 5.41) is 0. The molecule has 140 valence electrons. The van der Waals surface area contributed by atoms with Gasteiger partial charge in [-0.2, -0.15) is 0 Å². The number of fused-ring (bicyclic) bond motifs is 1. The quantitative estimate of drug-likeness (QED) is 0.626. The van der Waals surface area contributed by atoms with Gasteiger partial charge in [0.05, 0.1) is 0 Å². The van der Waals surface area contributed by atoms with Gasteiger partial charge in [-0.05, 0) is 40.5 Å². The number of hydrogen-bond donors (Lipinski definition) is 0. The minimum absolute atomic E-state index is 0.00663. The minimum atomic E-state index is -0.0352. The lowest BCUT2D eigenvalue weighted by atomic mass is 9.70. The normalized spacial score (nSPS) is 19.0. The van der Waals surface area contributed by atoms with E-state index < -0.39 is 0 Å². The molecule has 0 saturated carbocycles. The van der Waals surface area contributed by atoms with Gasteiger partial charge in [-0.15, -0.1) is 0 Å². The second-order valence-corrected chi connectivity index (χ2v) is 9.26. The Kier molecular flexibility index (Phi) is 5.37. The number of amides is 1. The van der Waals surface area contributed by atoms with Crippen LogP contribution in [0.4, 0.5) is 5.69 Å². The van der Waals surface area contributed by atoms with Crippen molar-refractivity contribution in [1.29, 1.82) is 0 Å². The van der Waals surface area contributed by atoms with Crippen LogP contribution >= 0.6 is 0 Å². The van der Waals surface area contributed by atoms with Crippen LogP contribution < -0.4 is 4.90 Å². The third-order valence-electron chi connectivity index (χ3n) is 5.14. The van der Waals surface area contributed by atoms with Crippen molar-refractivity contribution >= 4 is 11.6 Å². The molecule has 26 heavy (non-hydrogen) atoms. The van der Waals surface area contributed by atoms with Crippen LogP contribution in [0.1, 0.15) is 65.5 Å². The first-order valence-electron chi connectivity index (χ1n) is 9.35. The molecule has 1 aliphatic rings. The predicted octanol–water partition coefficient (Wildman–Crippen LogP) is 6.15. The Morgan fingerprint density at radius 3 is 2.19 bits per heavy atom. The summed E-state index contributed by atoms with van der Waals surface area (Å²) >= 11 is 0. The second-order valence-electron chi connectivity index (χ2n) is 9.26. The molecule has 0 aromatic heterocycles. The summed E-state index contributed by atoms with van der Waals surface area (Å²) < 4.78 is 0. The van der Waals surface area contributed by atoms with Crippen molar-refractivity contribution in [1.82, 2.24) is 0 Å². The Balaban J connectivity index is 2.90. The smallest absolute Gasteiger partial charge is 0.258 e. The molecule has 1 aliphatic heterocycles. The minimum Gasteiger partial charge on any atom is -0.311 e. The average Bonchev–Trinajstić information content (AvgIpc) is 2.60. The average molecular weight is 352 g/mol. The summed E-state index contributed by atoms with van der Waals surface area (Å²) in [6, 6.07) is 6.61. The number of carbonyl (C=O) groups is 1. The zero-order chi connectivity index (χ0) is 19.9. The molecule has 0 saturated heterocycles. The Morgan fingerprint density at radius 1 is 1.12 bits per heavy atom. The molecule has 1 unspecified atom stereocenters. The van der Waals surface area contributed by atoms with E-state index in [1.165, 1.54) is 11.1 Å². The first-order chi connectivity index (χ1) is 11.9. The first-order valence-corrected chi connectivity index (χ1v) is 9.35. The lowest BCUT2D eigenvalue weighted by molar-refractivity contribution is -0.114. The molecule has 1 aromatic carbocycles. The van der Waals surface area contributed by atoms with E-state index in [4.69, 9.17) is 0 Å². The molecule has 0 aliphatic carbocycles. The van der Waals surface area contributed by atoms with Crippen LogP contribution in [0.25, 0.3) is 0 Å². The molecule has 1 amide bonds. The molecule has 1 aromatic rings. The largest absolute Gasteiger partial charge is 0.311 e. The Morgan fingerprint density at radius 2 is 1.73 bits per heavy atom. The molecule has 0 bridgehead atoms. The number of allylic oxidation sites excluding steroid dienone is 3. The van der Waals surface area contributed by atoms with Crippen molar-refractivity contribution in [2.75, 3.05) is 11.9 Å². The molecule has 1 atom stereocenters. The Hall–Kier alpha value is -2.09. The topological polar surface area (TPSA) is 20.3 Å². The van der Waals surface area contributed by atoms with Gasteiger partial charge in [0.2, 0.25) is 0 Å². The van der Waals surface area contributed by atoms with E-state index in [0.29, 0.717) is 5.57 Å². The molecule has 0 N–H and O–H groups in total. The summed E-state index contributed by atoms with van der Waals surface area (Å²) in [5.41, 5.74) is 5.18. The van der Waals surface area contributed by atoms with Gasteiger partial charge in [-0.25, -0.2) is 0 Å². The molecule has 2 heteroatoms. The SMILES string of the molecule is C=CC1=C(/C=C\C)C(C(C)(C)C)c2ccc(C(C)(C)C)cc2N(C)C1=O. The van der Waals surface area contributed by atoms with Crippen LogP contribution in [0.3, 0.4) is 0 Å². The molecule has 1 heterocycles.